The summed E-state index contributed by atoms with van der Waals surface area (Å²) < 4.78 is 28.4. The van der Waals surface area contributed by atoms with E-state index in [2.05, 4.69) is 57.2 Å². The molecule has 3 N–H and O–H groups in total. The van der Waals surface area contributed by atoms with Crippen molar-refractivity contribution in [2.45, 2.75) is 327 Å². The molecule has 0 aromatic heterocycles. The van der Waals surface area contributed by atoms with Gasteiger partial charge in [0.25, 0.3) is 0 Å². The highest BCUT2D eigenvalue weighted by Gasteiger charge is 2.50. The zero-order valence-electron chi connectivity index (χ0n) is 48.1. The van der Waals surface area contributed by atoms with Gasteiger partial charge in [0, 0.05) is 19.3 Å². The molecule has 12 nitrogen and oxygen atoms in total. The fourth-order valence-corrected chi connectivity index (χ4v) is 9.50. The third-order valence-electron chi connectivity index (χ3n) is 14.2. The highest BCUT2D eigenvalue weighted by atomic mass is 16.7. The summed E-state index contributed by atoms with van der Waals surface area (Å²) in [6.45, 7) is 5.89. The fraction of sp³-hybridized carbons (Fsp3) is 0.841. The van der Waals surface area contributed by atoms with Gasteiger partial charge >= 0.3 is 23.9 Å². The van der Waals surface area contributed by atoms with Crippen LogP contribution in [-0.2, 0) is 42.9 Å². The lowest BCUT2D eigenvalue weighted by molar-refractivity contribution is -0.301. The molecule has 0 amide bonds. The Morgan fingerprint density at radius 1 is 0.453 bits per heavy atom. The molecule has 1 saturated heterocycles. The summed E-state index contributed by atoms with van der Waals surface area (Å²) >= 11 is 0. The second-order valence-electron chi connectivity index (χ2n) is 21.3. The number of unbranched alkanes of at least 4 members (excludes halogenated alkanes) is 33. The van der Waals surface area contributed by atoms with Gasteiger partial charge < -0.3 is 39.0 Å². The van der Waals surface area contributed by atoms with E-state index in [9.17, 15) is 34.5 Å². The SMILES string of the molecule is CC/C=C\C/C=C\C/C=C\CCCCCC(=O)OC(COC(=O)CCCCCCCCCCCCCCCCC)COC1OC(C(=O)O)C(O)C(O)C1OC(=O)CCCCCCCCCCCCCCCCCCC. The molecule has 0 radical (unpaired) electrons. The zero-order valence-corrected chi connectivity index (χ0v) is 48.1. The second kappa shape index (κ2) is 51.7. The van der Waals surface area contributed by atoms with E-state index in [1.54, 1.807) is 0 Å². The van der Waals surface area contributed by atoms with E-state index in [0.29, 0.717) is 19.3 Å². The topological polar surface area (TPSA) is 175 Å². The van der Waals surface area contributed by atoms with Crippen molar-refractivity contribution in [2.75, 3.05) is 13.2 Å². The first kappa shape index (κ1) is 70.0. The number of aliphatic hydroxyl groups excluding tert-OH is 2. The lowest BCUT2D eigenvalue weighted by Crippen LogP contribution is -2.61. The van der Waals surface area contributed by atoms with E-state index >= 15 is 0 Å². The number of carboxylic acid groups (broad SMARTS) is 1. The number of carbonyl (C=O) groups is 4. The van der Waals surface area contributed by atoms with Gasteiger partial charge in [0.1, 0.15) is 18.8 Å². The normalized spacial score (nSPS) is 18.3. The zero-order chi connectivity index (χ0) is 54.7. The third kappa shape index (κ3) is 41.7. The quantitative estimate of drug-likeness (QED) is 0.0228. The van der Waals surface area contributed by atoms with Crippen LogP contribution < -0.4 is 0 Å². The molecule has 1 aliphatic heterocycles. The molecule has 0 aliphatic carbocycles. The molecule has 6 atom stereocenters. The summed E-state index contributed by atoms with van der Waals surface area (Å²) in [6.07, 6.45) is 48.3. The van der Waals surface area contributed by atoms with Crippen molar-refractivity contribution in [1.29, 1.82) is 0 Å². The molecular formula is C63H112O12. The van der Waals surface area contributed by atoms with Crippen molar-refractivity contribution < 1.29 is 58.2 Å². The summed E-state index contributed by atoms with van der Waals surface area (Å²) in [6, 6.07) is 0. The Hall–Kier alpha value is -3.06. The van der Waals surface area contributed by atoms with Crippen LogP contribution in [0, 0.1) is 0 Å². The predicted octanol–water partition coefficient (Wildman–Crippen LogP) is 16.0. The Labute approximate surface area is 457 Å². The number of esters is 3. The van der Waals surface area contributed by atoms with Gasteiger partial charge in [0.2, 0.25) is 0 Å². The maximum atomic E-state index is 13.1. The molecule has 75 heavy (non-hydrogen) atoms. The maximum absolute atomic E-state index is 13.1. The molecule has 0 aromatic rings. The predicted molar refractivity (Wildman–Crippen MR) is 303 cm³/mol. The van der Waals surface area contributed by atoms with E-state index in [4.69, 9.17) is 23.7 Å². The molecule has 0 saturated carbocycles. The first-order valence-electron chi connectivity index (χ1n) is 31.0. The number of aliphatic carboxylic acids is 1. The largest absolute Gasteiger partial charge is 0.479 e. The first-order valence-corrected chi connectivity index (χ1v) is 31.0. The Bertz CT molecular complexity index is 1450. The Morgan fingerprint density at radius 3 is 1.28 bits per heavy atom. The molecule has 6 unspecified atom stereocenters. The first-order chi connectivity index (χ1) is 36.6. The minimum Gasteiger partial charge on any atom is -0.479 e. The molecule has 0 spiro atoms. The van der Waals surface area contributed by atoms with E-state index < -0.39 is 67.3 Å². The molecular weight excluding hydrogens is 949 g/mol. The molecule has 12 heteroatoms. The van der Waals surface area contributed by atoms with Crippen LogP contribution in [0.1, 0.15) is 290 Å². The van der Waals surface area contributed by atoms with Crippen LogP contribution in [0.15, 0.2) is 36.5 Å². The van der Waals surface area contributed by atoms with Crippen LogP contribution >= 0.6 is 0 Å². The van der Waals surface area contributed by atoms with Crippen molar-refractivity contribution in [1.82, 2.24) is 0 Å². The summed E-state index contributed by atoms with van der Waals surface area (Å²) in [5.74, 6) is -3.13. The molecule has 436 valence electrons. The van der Waals surface area contributed by atoms with Gasteiger partial charge in [0.05, 0.1) is 6.61 Å². The van der Waals surface area contributed by atoms with Gasteiger partial charge in [-0.2, -0.15) is 0 Å². The van der Waals surface area contributed by atoms with Crippen molar-refractivity contribution >= 4 is 23.9 Å². The Balaban J connectivity index is 2.66. The summed E-state index contributed by atoms with van der Waals surface area (Å²) in [5, 5.41) is 31.5. The van der Waals surface area contributed by atoms with Crippen LogP contribution in [0.2, 0.25) is 0 Å². The number of carbonyl (C=O) groups excluding carboxylic acids is 3. The second-order valence-corrected chi connectivity index (χ2v) is 21.3. The van der Waals surface area contributed by atoms with Gasteiger partial charge in [-0.15, -0.1) is 0 Å². The summed E-state index contributed by atoms with van der Waals surface area (Å²) in [7, 11) is 0. The van der Waals surface area contributed by atoms with E-state index in [1.165, 1.54) is 154 Å². The number of carboxylic acids is 1. The number of allylic oxidation sites excluding steroid dienone is 6. The number of hydrogen-bond acceptors (Lipinski definition) is 11. The molecule has 1 heterocycles. The smallest absolute Gasteiger partial charge is 0.335 e. The average molecular weight is 1060 g/mol. The molecule has 0 aromatic carbocycles. The van der Waals surface area contributed by atoms with E-state index in [-0.39, 0.29) is 25.9 Å². The van der Waals surface area contributed by atoms with Crippen molar-refractivity contribution in [3.8, 4) is 0 Å². The average Bonchev–Trinajstić information content (AvgIpc) is 3.39. The molecule has 0 bridgehead atoms. The lowest BCUT2D eigenvalue weighted by atomic mass is 9.98. The number of rotatable bonds is 53. The van der Waals surface area contributed by atoms with Crippen LogP contribution in [0.3, 0.4) is 0 Å². The highest BCUT2D eigenvalue weighted by Crippen LogP contribution is 2.27. The van der Waals surface area contributed by atoms with Gasteiger partial charge in [-0.1, -0.05) is 256 Å². The third-order valence-corrected chi connectivity index (χ3v) is 14.2. The minimum absolute atomic E-state index is 0.0629. The van der Waals surface area contributed by atoms with Crippen LogP contribution in [0.25, 0.3) is 0 Å². The lowest BCUT2D eigenvalue weighted by Gasteiger charge is -2.40. The number of ether oxygens (including phenoxy) is 5. The molecule has 1 aliphatic rings. The maximum Gasteiger partial charge on any atom is 0.335 e. The van der Waals surface area contributed by atoms with E-state index in [1.807, 2.05) is 0 Å². The fourth-order valence-electron chi connectivity index (χ4n) is 9.50. The molecule has 1 rings (SSSR count). The Morgan fingerprint density at radius 2 is 0.840 bits per heavy atom. The van der Waals surface area contributed by atoms with Gasteiger partial charge in [-0.3, -0.25) is 14.4 Å². The summed E-state index contributed by atoms with van der Waals surface area (Å²) in [4.78, 5) is 51.1. The molecule has 1 fully saturated rings. The van der Waals surface area contributed by atoms with Crippen molar-refractivity contribution in [3.63, 3.8) is 0 Å². The van der Waals surface area contributed by atoms with Crippen LogP contribution in [0.5, 0.6) is 0 Å². The van der Waals surface area contributed by atoms with E-state index in [0.717, 1.165) is 77.0 Å². The standard InChI is InChI=1S/C63H112O12/c1-4-7-10-13-16-19-22-25-27-28-30-33-36-39-42-45-48-51-57(66)74-61-59(68)58(67)60(62(69)70)75-63(61)72-53-54(73-56(65)50-47-44-41-38-35-31-24-21-18-15-12-9-6-3)52-71-55(64)49-46-43-40-37-34-32-29-26-23-20-17-14-11-8-5-2/h9,12,18,21,31,35,54,58-61,63,67-68H,4-8,10-11,13-17,19-20,22-30,32-34,36-53H2,1-3H3,(H,69,70)/b12-9-,21-18-,35-31-. The van der Waals surface area contributed by atoms with Crippen molar-refractivity contribution in [2.24, 2.45) is 0 Å². The van der Waals surface area contributed by atoms with Crippen molar-refractivity contribution in [3.05, 3.63) is 36.5 Å². The van der Waals surface area contributed by atoms with Crippen LogP contribution in [0.4, 0.5) is 0 Å². The summed E-state index contributed by atoms with van der Waals surface area (Å²) in [5.41, 5.74) is 0. The highest BCUT2D eigenvalue weighted by molar-refractivity contribution is 5.74. The minimum atomic E-state index is -1.90. The monoisotopic (exact) mass is 1060 g/mol. The number of hydrogen-bond donors (Lipinski definition) is 3. The van der Waals surface area contributed by atoms with Crippen LogP contribution in [-0.4, -0.2) is 89.2 Å². The van der Waals surface area contributed by atoms with Gasteiger partial charge in [-0.25, -0.2) is 4.79 Å². The number of aliphatic hydroxyl groups is 2. The Kier molecular flexibility index (Phi) is 48.2. The van der Waals surface area contributed by atoms with Gasteiger partial charge in [0.15, 0.2) is 24.6 Å². The van der Waals surface area contributed by atoms with Gasteiger partial charge in [-0.05, 0) is 51.4 Å².